The van der Waals surface area contributed by atoms with Gasteiger partial charge >= 0.3 is 11.0 Å². The number of benzene rings is 3. The molecular weight excluding hydrogens is 674 g/mol. The number of thiazole rings is 1. The predicted molar refractivity (Wildman–Crippen MR) is 166 cm³/mol. The smallest absolute Gasteiger partial charge is 0.416 e. The predicted octanol–water partition coefficient (Wildman–Crippen LogP) is 6.68. The molecule has 8 nitrogen and oxygen atoms in total. The zero-order chi connectivity index (χ0) is 32.2. The lowest BCUT2D eigenvalue weighted by Gasteiger charge is -2.30. The molecule has 1 aromatic heterocycles. The monoisotopic (exact) mass is 693 g/mol. The van der Waals surface area contributed by atoms with Gasteiger partial charge in [0, 0.05) is 16.5 Å². The number of hydrogen-bond acceptors (Lipinski definition) is 7. The minimum atomic E-state index is -4.69. The minimum absolute atomic E-state index is 0.204. The van der Waals surface area contributed by atoms with Gasteiger partial charge in [0.15, 0.2) is 0 Å². The zero-order valence-corrected chi connectivity index (χ0v) is 26.1. The molecule has 1 saturated heterocycles. The topological polar surface area (TPSA) is 97.7 Å². The molecule has 232 valence electrons. The molecule has 0 radical (unpaired) electrons. The van der Waals surface area contributed by atoms with Gasteiger partial charge in [-0.2, -0.15) is 13.2 Å². The van der Waals surface area contributed by atoms with E-state index in [1.807, 2.05) is 0 Å². The molecule has 3 heterocycles. The third-order valence-electron chi connectivity index (χ3n) is 7.46. The fourth-order valence-corrected chi connectivity index (χ4v) is 8.49. The highest BCUT2D eigenvalue weighted by Gasteiger charge is 2.57. The lowest BCUT2D eigenvalue weighted by molar-refractivity contribution is -0.137. The SMILES string of the molecule is COc1ccc(C2c3sc(=O)n(CC(=O)Nc4ccc(Cl)c(Cl)c4)c3SC3C(=O)N(c4cccc(C(F)(F)F)c4)C(=O)C32)cc1. The molecule has 3 amide bonds. The third-order valence-corrected chi connectivity index (χ3v) is 10.8. The summed E-state index contributed by atoms with van der Waals surface area (Å²) < 4.78 is 47.0. The van der Waals surface area contributed by atoms with Crippen molar-refractivity contribution in [3.05, 3.63) is 102 Å². The van der Waals surface area contributed by atoms with Crippen LogP contribution in [0.3, 0.4) is 0 Å². The van der Waals surface area contributed by atoms with Gasteiger partial charge in [-0.1, -0.05) is 64.5 Å². The van der Waals surface area contributed by atoms with E-state index in [0.29, 0.717) is 31.9 Å². The molecule has 1 fully saturated rings. The van der Waals surface area contributed by atoms with Gasteiger partial charge in [0.25, 0.3) is 0 Å². The maximum absolute atomic E-state index is 14.0. The van der Waals surface area contributed by atoms with Crippen LogP contribution >= 0.6 is 46.3 Å². The number of carbonyl (C=O) groups excluding carboxylic acids is 3. The van der Waals surface area contributed by atoms with Crippen LogP contribution in [0.4, 0.5) is 24.5 Å². The number of aromatic nitrogens is 1. The van der Waals surface area contributed by atoms with Crippen molar-refractivity contribution >= 4 is 75.4 Å². The molecule has 0 spiro atoms. The average Bonchev–Trinajstić information content (AvgIpc) is 3.44. The number of thioether (sulfide) groups is 1. The van der Waals surface area contributed by atoms with Gasteiger partial charge in [-0.25, -0.2) is 4.90 Å². The van der Waals surface area contributed by atoms with Crippen LogP contribution in [0.5, 0.6) is 5.75 Å². The van der Waals surface area contributed by atoms with Gasteiger partial charge in [-0.05, 0) is 54.1 Å². The van der Waals surface area contributed by atoms with Crippen molar-refractivity contribution in [3.8, 4) is 5.75 Å². The van der Waals surface area contributed by atoms with Gasteiger partial charge in [0.1, 0.15) is 17.5 Å². The molecule has 45 heavy (non-hydrogen) atoms. The normalized spacial score (nSPS) is 19.3. The number of fused-ring (bicyclic) bond motifs is 2. The number of halogens is 5. The standard InChI is InChI=1S/C30H20Cl2F3N3O5S2/c1-43-18-8-5-14(6-9-18)22-23-24(27(41)38(26(23)40)17-4-2-3-15(11-17)30(33,34)35)44-28-25(22)45-29(42)37(28)13-21(39)36-16-7-10-19(31)20(32)12-16/h2-12,22-24H,13H2,1H3,(H,36,39). The number of rotatable bonds is 6. The molecule has 4 aromatic rings. The maximum atomic E-state index is 14.0. The second kappa shape index (κ2) is 11.9. The Bertz CT molecular complexity index is 1910. The number of methoxy groups -OCH3 is 1. The van der Waals surface area contributed by atoms with Gasteiger partial charge in [0.05, 0.1) is 39.3 Å². The van der Waals surface area contributed by atoms with Crippen LogP contribution in [0.15, 0.2) is 76.6 Å². The summed E-state index contributed by atoms with van der Waals surface area (Å²) in [6, 6.07) is 15.3. The summed E-state index contributed by atoms with van der Waals surface area (Å²) in [5.74, 6) is -3.27. The summed E-state index contributed by atoms with van der Waals surface area (Å²) in [4.78, 5) is 54.9. The van der Waals surface area contributed by atoms with Crippen molar-refractivity contribution < 1.29 is 32.3 Å². The van der Waals surface area contributed by atoms with Crippen molar-refractivity contribution in [2.24, 2.45) is 5.92 Å². The largest absolute Gasteiger partial charge is 0.497 e. The van der Waals surface area contributed by atoms with Crippen molar-refractivity contribution in [1.82, 2.24) is 4.57 Å². The van der Waals surface area contributed by atoms with E-state index in [9.17, 15) is 32.3 Å². The van der Waals surface area contributed by atoms with Gasteiger partial charge in [0.2, 0.25) is 17.7 Å². The first-order valence-electron chi connectivity index (χ1n) is 13.2. The van der Waals surface area contributed by atoms with E-state index in [2.05, 4.69) is 5.32 Å². The third kappa shape index (κ3) is 5.73. The summed E-state index contributed by atoms with van der Waals surface area (Å²) in [7, 11) is 1.49. The van der Waals surface area contributed by atoms with Crippen LogP contribution in [0.1, 0.15) is 21.9 Å². The second-order valence-corrected chi connectivity index (χ2v) is 13.1. The molecule has 0 aliphatic carbocycles. The molecular formula is C30H20Cl2F3N3O5S2. The van der Waals surface area contributed by atoms with Crippen molar-refractivity contribution in [3.63, 3.8) is 0 Å². The first-order chi connectivity index (χ1) is 21.4. The van der Waals surface area contributed by atoms with Crippen LogP contribution in [0, 0.1) is 5.92 Å². The molecule has 2 aliphatic rings. The second-order valence-electron chi connectivity index (χ2n) is 10.2. The number of imide groups is 1. The lowest BCUT2D eigenvalue weighted by atomic mass is 9.83. The maximum Gasteiger partial charge on any atom is 0.416 e. The van der Waals surface area contributed by atoms with Crippen LogP contribution in [-0.4, -0.2) is 34.6 Å². The molecule has 6 rings (SSSR count). The number of anilines is 2. The Kier molecular flexibility index (Phi) is 8.23. The van der Waals surface area contributed by atoms with E-state index in [4.69, 9.17) is 27.9 Å². The van der Waals surface area contributed by atoms with Crippen LogP contribution in [0.2, 0.25) is 10.0 Å². The fourth-order valence-electron chi connectivity index (χ4n) is 5.42. The molecule has 2 aliphatic heterocycles. The summed E-state index contributed by atoms with van der Waals surface area (Å²) >= 11 is 13.8. The van der Waals surface area contributed by atoms with Crippen molar-refractivity contribution in [1.29, 1.82) is 0 Å². The van der Waals surface area contributed by atoms with Crippen LogP contribution < -0.4 is 19.8 Å². The quantitative estimate of drug-likeness (QED) is 0.227. The molecule has 3 aromatic carbocycles. The molecule has 3 unspecified atom stereocenters. The Hall–Kier alpha value is -3.78. The van der Waals surface area contributed by atoms with Gasteiger partial charge in [-0.15, -0.1) is 0 Å². The zero-order valence-electron chi connectivity index (χ0n) is 22.9. The number of alkyl halides is 3. The summed E-state index contributed by atoms with van der Waals surface area (Å²) in [6.07, 6.45) is -4.69. The Labute approximate surface area is 271 Å². The van der Waals surface area contributed by atoms with Crippen molar-refractivity contribution in [2.45, 2.75) is 28.9 Å². The van der Waals surface area contributed by atoms with Crippen LogP contribution in [0.25, 0.3) is 0 Å². The van der Waals surface area contributed by atoms with Crippen LogP contribution in [-0.2, 0) is 27.1 Å². The Morgan fingerprint density at radius 3 is 2.38 bits per heavy atom. The number of hydrogen-bond donors (Lipinski definition) is 1. The van der Waals surface area contributed by atoms with E-state index < -0.39 is 58.0 Å². The molecule has 0 bridgehead atoms. The first-order valence-corrected chi connectivity index (χ1v) is 15.7. The van der Waals surface area contributed by atoms with E-state index >= 15 is 0 Å². The highest BCUT2D eigenvalue weighted by atomic mass is 35.5. The average molecular weight is 695 g/mol. The summed E-state index contributed by atoms with van der Waals surface area (Å²) in [6.45, 7) is -0.413. The van der Waals surface area contributed by atoms with Gasteiger partial charge in [-0.3, -0.25) is 23.7 Å². The first kappa shape index (κ1) is 31.2. The van der Waals surface area contributed by atoms with E-state index in [-0.39, 0.29) is 10.7 Å². The number of carbonyl (C=O) groups is 3. The fraction of sp³-hybridized carbons (Fsp3) is 0.200. The Morgan fingerprint density at radius 1 is 0.978 bits per heavy atom. The molecule has 15 heteroatoms. The number of nitrogens with zero attached hydrogens (tertiary/aromatic N) is 2. The van der Waals surface area contributed by atoms with Gasteiger partial charge < -0.3 is 10.1 Å². The number of ether oxygens (including phenoxy) is 1. The molecule has 0 saturated carbocycles. The molecule has 1 N–H and O–H groups in total. The Morgan fingerprint density at radius 2 is 1.71 bits per heavy atom. The lowest BCUT2D eigenvalue weighted by Crippen LogP contribution is -2.33. The Balaban J connectivity index is 1.40. The summed E-state index contributed by atoms with van der Waals surface area (Å²) in [5, 5.41) is 2.42. The minimum Gasteiger partial charge on any atom is -0.497 e. The van der Waals surface area contributed by atoms with E-state index in [1.54, 1.807) is 30.3 Å². The van der Waals surface area contributed by atoms with E-state index in [1.165, 1.54) is 29.9 Å². The highest BCUT2D eigenvalue weighted by molar-refractivity contribution is 8.00. The number of amides is 3. The highest BCUT2D eigenvalue weighted by Crippen LogP contribution is 2.54. The van der Waals surface area contributed by atoms with Crippen molar-refractivity contribution in [2.75, 3.05) is 17.3 Å². The molecule has 3 atom stereocenters. The number of nitrogens with one attached hydrogen (secondary N) is 1. The summed E-state index contributed by atoms with van der Waals surface area (Å²) in [5.41, 5.74) is -0.266. The van der Waals surface area contributed by atoms with E-state index in [0.717, 1.165) is 46.2 Å².